The van der Waals surface area contributed by atoms with Crippen LogP contribution < -0.4 is 10.6 Å². The van der Waals surface area contributed by atoms with E-state index in [2.05, 4.69) is 34.4 Å². The van der Waals surface area contributed by atoms with Crippen molar-refractivity contribution in [1.82, 2.24) is 15.3 Å². The summed E-state index contributed by atoms with van der Waals surface area (Å²) >= 11 is 0. The molecule has 0 spiro atoms. The molecule has 1 aromatic carbocycles. The minimum Gasteiger partial charge on any atom is -0.507 e. The predicted octanol–water partition coefficient (Wildman–Crippen LogP) is 2.84. The first-order valence-corrected chi connectivity index (χ1v) is 7.28. The molecule has 0 saturated heterocycles. The molecular formula is C16H19FN4O2. The Hall–Kier alpha value is -2.70. The topological polar surface area (TPSA) is 87.1 Å². The maximum atomic E-state index is 13.5. The molecule has 0 atom stereocenters. The number of hydrogen-bond acceptors (Lipinski definition) is 4. The molecule has 2 amide bonds. The molecule has 0 aliphatic carbocycles. The van der Waals surface area contributed by atoms with Crippen molar-refractivity contribution < 1.29 is 14.3 Å². The smallest absolute Gasteiger partial charge is 0.319 e. The number of urea groups is 1. The molecule has 0 saturated carbocycles. The van der Waals surface area contributed by atoms with Gasteiger partial charge in [-0.15, -0.1) is 0 Å². The number of aromatic nitrogens is 2. The van der Waals surface area contributed by atoms with Gasteiger partial charge < -0.3 is 15.7 Å². The average Bonchev–Trinajstić information content (AvgIpc) is 2.48. The molecule has 0 unspecified atom stereocenters. The fourth-order valence-electron chi connectivity index (χ4n) is 1.96. The van der Waals surface area contributed by atoms with Gasteiger partial charge in [0.1, 0.15) is 17.4 Å². The first-order chi connectivity index (χ1) is 11.0. The third kappa shape index (κ3) is 4.91. The zero-order chi connectivity index (χ0) is 16.8. The first-order valence-electron chi connectivity index (χ1n) is 7.28. The summed E-state index contributed by atoms with van der Waals surface area (Å²) in [6.07, 6.45) is 3.80. The summed E-state index contributed by atoms with van der Waals surface area (Å²) in [5.74, 6) is 0.381. The van der Waals surface area contributed by atoms with E-state index >= 15 is 0 Å². The molecule has 3 N–H and O–H groups in total. The molecule has 6 nitrogen and oxygen atoms in total. The Morgan fingerprint density at radius 3 is 2.61 bits per heavy atom. The minimum absolute atomic E-state index is 0.0335. The molecule has 7 heteroatoms. The zero-order valence-corrected chi connectivity index (χ0v) is 13.0. The molecule has 2 aromatic rings. The highest BCUT2D eigenvalue weighted by molar-refractivity contribution is 5.88. The number of carbonyl (C=O) groups is 1. The van der Waals surface area contributed by atoms with Gasteiger partial charge in [-0.2, -0.15) is 0 Å². The lowest BCUT2D eigenvalue weighted by Gasteiger charge is -2.09. The van der Waals surface area contributed by atoms with E-state index in [9.17, 15) is 14.3 Å². The Bertz CT molecular complexity index is 654. The molecule has 0 aliphatic rings. The fraction of sp³-hybridized carbons (Fsp3) is 0.312. The van der Waals surface area contributed by atoms with Crippen LogP contribution in [0.3, 0.4) is 0 Å². The van der Waals surface area contributed by atoms with Gasteiger partial charge in [-0.3, -0.25) is 0 Å². The summed E-state index contributed by atoms with van der Waals surface area (Å²) in [6.45, 7) is 4.01. The van der Waals surface area contributed by atoms with Crippen LogP contribution in [0.25, 0.3) is 0 Å². The molecule has 2 rings (SSSR count). The number of phenols is 1. The summed E-state index contributed by atoms with van der Waals surface area (Å²) in [4.78, 5) is 20.1. The summed E-state index contributed by atoms with van der Waals surface area (Å²) in [5.41, 5.74) is 0.471. The lowest BCUT2D eigenvalue weighted by Crippen LogP contribution is -2.28. The Balaban J connectivity index is 1.90. The highest BCUT2D eigenvalue weighted by Gasteiger charge is 2.10. The van der Waals surface area contributed by atoms with E-state index in [1.807, 2.05) is 0 Å². The lowest BCUT2D eigenvalue weighted by atomic mass is 10.1. The second-order valence-electron chi connectivity index (χ2n) is 5.53. The second kappa shape index (κ2) is 7.53. The SMILES string of the molecule is CC(C)Cc1ncc(NC(=O)NCc2c(O)cccc2F)cn1. The molecular weight excluding hydrogens is 299 g/mol. The Labute approximate surface area is 133 Å². The largest absolute Gasteiger partial charge is 0.507 e. The Morgan fingerprint density at radius 1 is 1.30 bits per heavy atom. The number of nitrogens with one attached hydrogen (secondary N) is 2. The Kier molecular flexibility index (Phi) is 5.46. The number of rotatable bonds is 5. The van der Waals surface area contributed by atoms with Gasteiger partial charge in [0.15, 0.2) is 0 Å². The number of anilines is 1. The fourth-order valence-corrected chi connectivity index (χ4v) is 1.96. The number of benzene rings is 1. The van der Waals surface area contributed by atoms with E-state index < -0.39 is 11.8 Å². The van der Waals surface area contributed by atoms with Crippen molar-refractivity contribution in [1.29, 1.82) is 0 Å². The van der Waals surface area contributed by atoms with Crippen LogP contribution in [-0.2, 0) is 13.0 Å². The van der Waals surface area contributed by atoms with Gasteiger partial charge in [-0.1, -0.05) is 19.9 Å². The van der Waals surface area contributed by atoms with Crippen molar-refractivity contribution in [2.45, 2.75) is 26.8 Å². The number of carbonyl (C=O) groups excluding carboxylic acids is 1. The van der Waals surface area contributed by atoms with Crippen molar-refractivity contribution in [3.05, 3.63) is 47.8 Å². The average molecular weight is 318 g/mol. The molecule has 0 fully saturated rings. The minimum atomic E-state index is -0.577. The van der Waals surface area contributed by atoms with Crippen molar-refractivity contribution in [2.75, 3.05) is 5.32 Å². The lowest BCUT2D eigenvalue weighted by molar-refractivity contribution is 0.251. The third-order valence-electron chi connectivity index (χ3n) is 3.07. The number of hydrogen-bond donors (Lipinski definition) is 3. The maximum absolute atomic E-state index is 13.5. The van der Waals surface area contributed by atoms with Gasteiger partial charge in [0, 0.05) is 12.0 Å². The third-order valence-corrected chi connectivity index (χ3v) is 3.07. The number of aromatic hydroxyl groups is 1. The van der Waals surface area contributed by atoms with E-state index in [1.54, 1.807) is 0 Å². The molecule has 0 bridgehead atoms. The van der Waals surface area contributed by atoms with Gasteiger partial charge >= 0.3 is 6.03 Å². The van der Waals surface area contributed by atoms with Crippen LogP contribution in [0.2, 0.25) is 0 Å². The monoisotopic (exact) mass is 318 g/mol. The van der Waals surface area contributed by atoms with Crippen LogP contribution in [0.15, 0.2) is 30.6 Å². The van der Waals surface area contributed by atoms with Crippen LogP contribution in [0.5, 0.6) is 5.75 Å². The van der Waals surface area contributed by atoms with Crippen molar-refractivity contribution in [2.24, 2.45) is 5.92 Å². The molecule has 1 heterocycles. The summed E-state index contributed by atoms with van der Waals surface area (Å²) in [5, 5.41) is 14.6. The summed E-state index contributed by atoms with van der Waals surface area (Å²) in [6, 6.07) is 3.44. The standard InChI is InChI=1S/C16H19FN4O2/c1-10(2)6-15-18-7-11(8-19-15)21-16(23)20-9-12-13(17)4-3-5-14(12)22/h3-5,7-8,10,22H,6,9H2,1-2H3,(H2,20,21,23). The van der Waals surface area contributed by atoms with Crippen LogP contribution in [-0.4, -0.2) is 21.1 Å². The highest BCUT2D eigenvalue weighted by Crippen LogP contribution is 2.19. The van der Waals surface area contributed by atoms with E-state index in [4.69, 9.17) is 0 Å². The van der Waals surface area contributed by atoms with Crippen molar-refractivity contribution in [3.8, 4) is 5.75 Å². The van der Waals surface area contributed by atoms with Gasteiger partial charge in [0.2, 0.25) is 0 Å². The van der Waals surface area contributed by atoms with Crippen LogP contribution in [0, 0.1) is 11.7 Å². The molecule has 0 aliphatic heterocycles. The number of amides is 2. The van der Waals surface area contributed by atoms with Gasteiger partial charge in [-0.05, 0) is 18.1 Å². The van der Waals surface area contributed by atoms with Crippen LogP contribution in [0.4, 0.5) is 14.9 Å². The van der Waals surface area contributed by atoms with Gasteiger partial charge in [0.05, 0.1) is 24.6 Å². The number of nitrogens with zero attached hydrogens (tertiary/aromatic N) is 2. The normalized spacial score (nSPS) is 10.6. The van der Waals surface area contributed by atoms with Crippen LogP contribution >= 0.6 is 0 Å². The second-order valence-corrected chi connectivity index (χ2v) is 5.53. The van der Waals surface area contributed by atoms with E-state index in [0.29, 0.717) is 17.4 Å². The van der Waals surface area contributed by atoms with E-state index in [-0.39, 0.29) is 17.9 Å². The highest BCUT2D eigenvalue weighted by atomic mass is 19.1. The predicted molar refractivity (Wildman–Crippen MR) is 84.5 cm³/mol. The molecule has 122 valence electrons. The van der Waals surface area contributed by atoms with E-state index in [1.165, 1.54) is 30.6 Å². The summed E-state index contributed by atoms with van der Waals surface area (Å²) in [7, 11) is 0. The quantitative estimate of drug-likeness (QED) is 0.791. The van der Waals surface area contributed by atoms with E-state index in [0.717, 1.165) is 6.42 Å². The zero-order valence-electron chi connectivity index (χ0n) is 13.0. The van der Waals surface area contributed by atoms with Crippen LogP contribution in [0.1, 0.15) is 25.2 Å². The maximum Gasteiger partial charge on any atom is 0.319 e. The summed E-state index contributed by atoms with van der Waals surface area (Å²) < 4.78 is 13.5. The van der Waals surface area contributed by atoms with Gasteiger partial charge in [0.25, 0.3) is 0 Å². The van der Waals surface area contributed by atoms with Crippen molar-refractivity contribution in [3.63, 3.8) is 0 Å². The van der Waals surface area contributed by atoms with Gasteiger partial charge in [-0.25, -0.2) is 19.2 Å². The Morgan fingerprint density at radius 2 is 2.00 bits per heavy atom. The number of phenolic OH excluding ortho intramolecular Hbond substituents is 1. The molecule has 23 heavy (non-hydrogen) atoms. The van der Waals surface area contributed by atoms with Crippen molar-refractivity contribution >= 4 is 11.7 Å². The first kappa shape index (κ1) is 16.7. The number of halogens is 1. The molecule has 0 radical (unpaired) electrons. The molecule has 1 aromatic heterocycles.